The Hall–Kier alpha value is -2.30. The second-order valence-corrected chi connectivity index (χ2v) is 6.20. The fraction of sp³-hybridized carbons (Fsp3) is 0.158. The Labute approximate surface area is 157 Å². The van der Waals surface area contributed by atoms with Gasteiger partial charge in [-0.3, -0.25) is 9.59 Å². The molecule has 0 atom stereocenters. The van der Waals surface area contributed by atoms with Crippen molar-refractivity contribution >= 4 is 35.0 Å². The summed E-state index contributed by atoms with van der Waals surface area (Å²) >= 11 is 11.8. The normalized spacial score (nSPS) is 10.2. The van der Waals surface area contributed by atoms with Crippen LogP contribution in [0.2, 0.25) is 10.0 Å². The van der Waals surface area contributed by atoms with Crippen LogP contribution in [0, 0.1) is 0 Å². The van der Waals surface area contributed by atoms with Crippen molar-refractivity contribution in [2.24, 2.45) is 0 Å². The summed E-state index contributed by atoms with van der Waals surface area (Å²) in [5.74, 6) is -0.629. The van der Waals surface area contributed by atoms with Gasteiger partial charge in [-0.05, 0) is 23.8 Å². The highest BCUT2D eigenvalue weighted by Crippen LogP contribution is 2.20. The molecule has 0 radical (unpaired) electrons. The van der Waals surface area contributed by atoms with Crippen LogP contribution in [0.3, 0.4) is 0 Å². The summed E-state index contributed by atoms with van der Waals surface area (Å²) in [6, 6.07) is 14.2. The van der Waals surface area contributed by atoms with Crippen molar-refractivity contribution in [3.63, 3.8) is 0 Å². The zero-order valence-corrected chi connectivity index (χ0v) is 15.1. The highest BCUT2D eigenvalue weighted by molar-refractivity contribution is 6.36. The minimum atomic E-state index is -0.423. The minimum absolute atomic E-state index is 0.127. The summed E-state index contributed by atoms with van der Waals surface area (Å²) in [5.41, 5.74) is 1.28. The van der Waals surface area contributed by atoms with Crippen LogP contribution in [0.4, 0.5) is 0 Å². The Morgan fingerprint density at radius 2 is 1.84 bits per heavy atom. The Bertz CT molecular complexity index is 763. The lowest BCUT2D eigenvalue weighted by Gasteiger charge is -2.21. The molecule has 2 rings (SSSR count). The first kappa shape index (κ1) is 19.0. The number of carbonyl (C=O) groups is 2. The number of carbonyl (C=O) groups excluding carboxylic acids is 2. The van der Waals surface area contributed by atoms with E-state index < -0.39 is 5.91 Å². The summed E-state index contributed by atoms with van der Waals surface area (Å²) in [6.07, 6.45) is 1.65. The molecule has 0 aliphatic carbocycles. The molecule has 2 aromatic carbocycles. The molecule has 2 aromatic rings. The van der Waals surface area contributed by atoms with Gasteiger partial charge in [0.05, 0.1) is 17.1 Å². The van der Waals surface area contributed by atoms with Crippen molar-refractivity contribution in [2.75, 3.05) is 13.1 Å². The van der Waals surface area contributed by atoms with Crippen LogP contribution < -0.4 is 5.32 Å². The lowest BCUT2D eigenvalue weighted by molar-refractivity contribution is -0.130. The Morgan fingerprint density at radius 1 is 1.12 bits per heavy atom. The molecule has 0 aliphatic rings. The molecule has 0 spiro atoms. The lowest BCUT2D eigenvalue weighted by Crippen LogP contribution is -2.40. The molecule has 0 unspecified atom stereocenters. The number of halogens is 2. The standard InChI is InChI=1S/C19H18Cl2N2O2/c1-2-10-23(13-14-6-4-3-5-7-14)18(24)12-22-19(25)16-9-8-15(20)11-17(16)21/h2-9,11H,1,10,12-13H2,(H,22,25). The summed E-state index contributed by atoms with van der Waals surface area (Å²) in [5, 5.41) is 3.27. The van der Waals surface area contributed by atoms with Gasteiger partial charge in [-0.25, -0.2) is 0 Å². The van der Waals surface area contributed by atoms with E-state index in [1.807, 2.05) is 30.3 Å². The topological polar surface area (TPSA) is 49.4 Å². The Kier molecular flexibility index (Phi) is 7.04. The summed E-state index contributed by atoms with van der Waals surface area (Å²) in [4.78, 5) is 26.2. The molecular weight excluding hydrogens is 359 g/mol. The van der Waals surface area contributed by atoms with Crippen LogP contribution in [0.1, 0.15) is 15.9 Å². The number of hydrogen-bond acceptors (Lipinski definition) is 2. The number of nitrogens with zero attached hydrogens (tertiary/aromatic N) is 1. The van der Waals surface area contributed by atoms with E-state index in [0.717, 1.165) is 5.56 Å². The van der Waals surface area contributed by atoms with E-state index in [1.54, 1.807) is 17.0 Å². The van der Waals surface area contributed by atoms with E-state index in [4.69, 9.17) is 23.2 Å². The fourth-order valence-electron chi connectivity index (χ4n) is 2.25. The maximum atomic E-state index is 12.4. The maximum Gasteiger partial charge on any atom is 0.253 e. The molecule has 0 aromatic heterocycles. The van der Waals surface area contributed by atoms with Crippen molar-refractivity contribution in [1.82, 2.24) is 10.2 Å². The van der Waals surface area contributed by atoms with Crippen molar-refractivity contribution in [3.8, 4) is 0 Å². The molecule has 6 heteroatoms. The van der Waals surface area contributed by atoms with Crippen molar-refractivity contribution in [1.29, 1.82) is 0 Å². The summed E-state index contributed by atoms with van der Waals surface area (Å²) in [7, 11) is 0. The van der Waals surface area contributed by atoms with Crippen LogP contribution in [0.15, 0.2) is 61.2 Å². The van der Waals surface area contributed by atoms with E-state index in [2.05, 4.69) is 11.9 Å². The van der Waals surface area contributed by atoms with Crippen LogP contribution in [0.5, 0.6) is 0 Å². The number of hydrogen-bond donors (Lipinski definition) is 1. The fourth-order valence-corrected chi connectivity index (χ4v) is 2.75. The predicted molar refractivity (Wildman–Crippen MR) is 101 cm³/mol. The van der Waals surface area contributed by atoms with E-state index in [0.29, 0.717) is 18.1 Å². The molecule has 0 fully saturated rings. The molecule has 2 amide bonds. The van der Waals surface area contributed by atoms with E-state index in [1.165, 1.54) is 12.1 Å². The third kappa shape index (κ3) is 5.62. The highest BCUT2D eigenvalue weighted by Gasteiger charge is 2.16. The van der Waals surface area contributed by atoms with Gasteiger partial charge in [-0.2, -0.15) is 0 Å². The molecule has 0 saturated carbocycles. The molecule has 1 N–H and O–H groups in total. The number of benzene rings is 2. The van der Waals surface area contributed by atoms with Crippen LogP contribution in [-0.4, -0.2) is 29.8 Å². The van der Waals surface area contributed by atoms with Crippen molar-refractivity contribution in [2.45, 2.75) is 6.54 Å². The molecule has 0 aliphatic heterocycles. The quantitative estimate of drug-likeness (QED) is 0.744. The van der Waals surface area contributed by atoms with Gasteiger partial charge in [0.2, 0.25) is 5.91 Å². The molecule has 4 nitrogen and oxygen atoms in total. The number of amides is 2. The first-order chi connectivity index (χ1) is 12.0. The number of nitrogens with one attached hydrogen (secondary N) is 1. The van der Waals surface area contributed by atoms with Crippen molar-refractivity contribution < 1.29 is 9.59 Å². The molecule has 0 bridgehead atoms. The van der Waals surface area contributed by atoms with Gasteiger partial charge in [0.25, 0.3) is 5.91 Å². The first-order valence-corrected chi connectivity index (χ1v) is 8.42. The molecular formula is C19H18Cl2N2O2. The smallest absolute Gasteiger partial charge is 0.253 e. The van der Waals surface area contributed by atoms with E-state index in [-0.39, 0.29) is 23.0 Å². The first-order valence-electron chi connectivity index (χ1n) is 7.67. The molecule has 130 valence electrons. The average molecular weight is 377 g/mol. The third-order valence-electron chi connectivity index (χ3n) is 3.49. The Morgan fingerprint density at radius 3 is 2.48 bits per heavy atom. The van der Waals surface area contributed by atoms with Gasteiger partial charge in [0, 0.05) is 18.1 Å². The molecule has 0 saturated heterocycles. The SMILES string of the molecule is C=CCN(Cc1ccccc1)C(=O)CNC(=O)c1ccc(Cl)cc1Cl. The van der Waals surface area contributed by atoms with Gasteiger partial charge in [-0.1, -0.05) is 59.6 Å². The van der Waals surface area contributed by atoms with Gasteiger partial charge in [0.1, 0.15) is 0 Å². The van der Waals surface area contributed by atoms with Gasteiger partial charge in [0.15, 0.2) is 0 Å². The van der Waals surface area contributed by atoms with E-state index in [9.17, 15) is 9.59 Å². The average Bonchev–Trinajstić information content (AvgIpc) is 2.60. The van der Waals surface area contributed by atoms with Gasteiger partial charge in [-0.15, -0.1) is 6.58 Å². The third-order valence-corrected chi connectivity index (χ3v) is 4.04. The van der Waals surface area contributed by atoms with Crippen LogP contribution >= 0.6 is 23.2 Å². The monoisotopic (exact) mass is 376 g/mol. The zero-order valence-electron chi connectivity index (χ0n) is 13.5. The largest absolute Gasteiger partial charge is 0.343 e. The maximum absolute atomic E-state index is 12.4. The molecule has 25 heavy (non-hydrogen) atoms. The zero-order chi connectivity index (χ0) is 18.2. The van der Waals surface area contributed by atoms with Crippen LogP contribution in [-0.2, 0) is 11.3 Å². The minimum Gasteiger partial charge on any atom is -0.343 e. The number of rotatable bonds is 7. The highest BCUT2D eigenvalue weighted by atomic mass is 35.5. The van der Waals surface area contributed by atoms with Crippen LogP contribution in [0.25, 0.3) is 0 Å². The van der Waals surface area contributed by atoms with Gasteiger partial charge < -0.3 is 10.2 Å². The molecule has 0 heterocycles. The lowest BCUT2D eigenvalue weighted by atomic mass is 10.2. The second kappa shape index (κ2) is 9.25. The Balaban J connectivity index is 1.98. The predicted octanol–water partition coefficient (Wildman–Crippen LogP) is 3.94. The van der Waals surface area contributed by atoms with Gasteiger partial charge >= 0.3 is 0 Å². The van der Waals surface area contributed by atoms with E-state index >= 15 is 0 Å². The second-order valence-electron chi connectivity index (χ2n) is 5.36. The summed E-state index contributed by atoms with van der Waals surface area (Å²) < 4.78 is 0. The van der Waals surface area contributed by atoms with Crippen molar-refractivity contribution in [3.05, 3.63) is 82.4 Å². The summed E-state index contributed by atoms with van der Waals surface area (Å²) in [6.45, 7) is 4.39.